The number of hydrogen-bond acceptors (Lipinski definition) is 1. The molecule has 0 N–H and O–H groups in total. The summed E-state index contributed by atoms with van der Waals surface area (Å²) in [5.41, 5.74) is 0. The van der Waals surface area contributed by atoms with E-state index in [2.05, 4.69) is 38.1 Å². The van der Waals surface area contributed by atoms with Crippen molar-refractivity contribution in [2.24, 2.45) is 0 Å². The van der Waals surface area contributed by atoms with Gasteiger partial charge in [-0.05, 0) is 26.9 Å². The Balaban J connectivity index is 0. The van der Waals surface area contributed by atoms with Crippen molar-refractivity contribution in [1.82, 2.24) is 4.90 Å². The van der Waals surface area contributed by atoms with Crippen molar-refractivity contribution in [3.63, 3.8) is 0 Å². The fourth-order valence-corrected chi connectivity index (χ4v) is 3.57. The molecule has 0 rings (SSSR count). The Morgan fingerprint density at radius 2 is 0.815 bits per heavy atom. The number of unbranched alkanes of at least 4 members (excludes halogenated alkanes) is 18. The lowest BCUT2D eigenvalue weighted by Crippen LogP contribution is -2.10. The lowest BCUT2D eigenvalue weighted by atomic mass is 10.0. The van der Waals surface area contributed by atoms with Crippen LogP contribution in [0.2, 0.25) is 0 Å². The molecule has 0 amide bonds. The highest BCUT2D eigenvalue weighted by atomic mass is 79.9. The molecule has 0 aromatic rings. The maximum atomic E-state index is 2.35. The summed E-state index contributed by atoms with van der Waals surface area (Å²) in [7, 11) is 4.25. The first kappa shape index (κ1) is 29.4. The summed E-state index contributed by atoms with van der Waals surface area (Å²) in [6, 6.07) is 0. The molecule has 27 heavy (non-hydrogen) atoms. The summed E-state index contributed by atoms with van der Waals surface area (Å²) in [4.78, 5) is 2.21. The van der Waals surface area contributed by atoms with E-state index < -0.39 is 0 Å². The van der Waals surface area contributed by atoms with E-state index in [0.717, 1.165) is 6.54 Å². The number of halogens is 1. The fraction of sp³-hybridized carbons (Fsp3) is 0.920. The topological polar surface area (TPSA) is 3.24 Å². The molecular weight excluding hydrogens is 394 g/mol. The molecule has 0 spiro atoms. The van der Waals surface area contributed by atoms with Crippen LogP contribution < -0.4 is 0 Å². The van der Waals surface area contributed by atoms with Gasteiger partial charge in [0.2, 0.25) is 0 Å². The number of nitrogens with zero attached hydrogens (tertiary/aromatic N) is 1. The molecule has 0 aliphatic heterocycles. The molecule has 0 aliphatic carbocycles. The zero-order valence-electron chi connectivity index (χ0n) is 19.2. The first-order valence-corrected chi connectivity index (χ1v) is 12.1. The normalized spacial score (nSPS) is 11.4. The minimum absolute atomic E-state index is 0. The minimum atomic E-state index is 0. The highest BCUT2D eigenvalue weighted by Crippen LogP contribution is 2.14. The number of likely N-dealkylation sites (N-methyl/N-ethyl adjacent to an activating group) is 1. The van der Waals surface area contributed by atoms with Gasteiger partial charge in [-0.1, -0.05) is 128 Å². The third-order valence-corrected chi connectivity index (χ3v) is 5.36. The van der Waals surface area contributed by atoms with Gasteiger partial charge in [-0.3, -0.25) is 0 Å². The number of hydrogen-bond donors (Lipinski definition) is 0. The van der Waals surface area contributed by atoms with E-state index in [-0.39, 0.29) is 17.0 Å². The Bertz CT molecular complexity index is 275. The lowest BCUT2D eigenvalue weighted by Gasteiger charge is -2.04. The summed E-state index contributed by atoms with van der Waals surface area (Å²) in [6.07, 6.45) is 32.2. The lowest BCUT2D eigenvalue weighted by molar-refractivity contribution is 0.456. The van der Waals surface area contributed by atoms with Crippen molar-refractivity contribution in [1.29, 1.82) is 0 Å². The molecule has 0 saturated carbocycles. The Morgan fingerprint density at radius 3 is 1.15 bits per heavy atom. The van der Waals surface area contributed by atoms with Crippen molar-refractivity contribution in [2.75, 3.05) is 20.6 Å². The largest absolute Gasteiger partial charge is 0.306 e. The van der Waals surface area contributed by atoms with Gasteiger partial charge in [0, 0.05) is 6.54 Å². The van der Waals surface area contributed by atoms with Crippen LogP contribution in [-0.4, -0.2) is 25.5 Å². The average molecular weight is 447 g/mol. The summed E-state index contributed by atoms with van der Waals surface area (Å²) in [5.74, 6) is 0. The van der Waals surface area contributed by atoms with Crippen LogP contribution in [-0.2, 0) is 0 Å². The number of rotatable bonds is 21. The van der Waals surface area contributed by atoms with E-state index in [1.165, 1.54) is 122 Å². The van der Waals surface area contributed by atoms with Gasteiger partial charge >= 0.3 is 0 Å². The molecule has 0 heterocycles. The van der Waals surface area contributed by atoms with Crippen LogP contribution in [0.15, 0.2) is 12.2 Å². The molecule has 0 saturated heterocycles. The van der Waals surface area contributed by atoms with E-state index in [0.29, 0.717) is 0 Å². The molecule has 2 heteroatoms. The van der Waals surface area contributed by atoms with Crippen LogP contribution in [0.5, 0.6) is 0 Å². The molecule has 164 valence electrons. The zero-order valence-corrected chi connectivity index (χ0v) is 20.9. The van der Waals surface area contributed by atoms with E-state index in [1.54, 1.807) is 0 Å². The van der Waals surface area contributed by atoms with Gasteiger partial charge in [0.05, 0.1) is 0 Å². The second kappa shape index (κ2) is 26.2. The third-order valence-electron chi connectivity index (χ3n) is 5.36. The van der Waals surface area contributed by atoms with Crippen LogP contribution in [0, 0.1) is 0 Å². The molecular formula is C25H52BrN. The molecule has 0 unspecified atom stereocenters. The summed E-state index contributed by atoms with van der Waals surface area (Å²) < 4.78 is 0. The van der Waals surface area contributed by atoms with Gasteiger partial charge in [0.15, 0.2) is 0 Å². The SMILES string of the molecule is Br.CCCCCCCCCCCCCCCCCCCCC=CCN(C)C. The molecule has 0 aliphatic rings. The first-order valence-electron chi connectivity index (χ1n) is 12.1. The first-order chi connectivity index (χ1) is 12.8. The maximum Gasteiger partial charge on any atom is 0.0157 e. The van der Waals surface area contributed by atoms with Gasteiger partial charge in [-0.15, -0.1) is 17.0 Å². The Morgan fingerprint density at radius 1 is 0.481 bits per heavy atom. The van der Waals surface area contributed by atoms with Crippen LogP contribution in [0.4, 0.5) is 0 Å². The minimum Gasteiger partial charge on any atom is -0.306 e. The third kappa shape index (κ3) is 28.5. The van der Waals surface area contributed by atoms with Crippen LogP contribution >= 0.6 is 17.0 Å². The van der Waals surface area contributed by atoms with Gasteiger partial charge in [-0.25, -0.2) is 0 Å². The highest BCUT2D eigenvalue weighted by molar-refractivity contribution is 8.93. The van der Waals surface area contributed by atoms with Crippen molar-refractivity contribution in [3.8, 4) is 0 Å². The molecule has 0 fully saturated rings. The molecule has 0 bridgehead atoms. The summed E-state index contributed by atoms with van der Waals surface area (Å²) in [6.45, 7) is 3.38. The van der Waals surface area contributed by atoms with Crippen molar-refractivity contribution in [2.45, 2.75) is 129 Å². The summed E-state index contributed by atoms with van der Waals surface area (Å²) >= 11 is 0. The Kier molecular flexibility index (Phi) is 28.5. The second-order valence-corrected chi connectivity index (χ2v) is 8.53. The van der Waals surface area contributed by atoms with E-state index >= 15 is 0 Å². The second-order valence-electron chi connectivity index (χ2n) is 8.53. The number of allylic oxidation sites excluding steroid dienone is 1. The maximum absolute atomic E-state index is 2.35. The standard InChI is InChI=1S/C25H51N.BrH/c1-4-5-6-7-8-9-10-11-12-13-14-15-16-17-18-19-20-21-22-23-24-25-26(2)3;/h23-24H,4-22,25H2,1-3H3;1H. The van der Waals surface area contributed by atoms with E-state index in [4.69, 9.17) is 0 Å². The van der Waals surface area contributed by atoms with Gasteiger partial charge < -0.3 is 4.90 Å². The van der Waals surface area contributed by atoms with Gasteiger partial charge in [-0.2, -0.15) is 0 Å². The predicted molar refractivity (Wildman–Crippen MR) is 131 cm³/mol. The molecule has 0 atom stereocenters. The fourth-order valence-electron chi connectivity index (χ4n) is 3.57. The van der Waals surface area contributed by atoms with Crippen molar-refractivity contribution in [3.05, 3.63) is 12.2 Å². The smallest absolute Gasteiger partial charge is 0.0157 e. The Labute approximate surface area is 183 Å². The molecule has 0 aromatic heterocycles. The summed E-state index contributed by atoms with van der Waals surface area (Å²) in [5, 5.41) is 0. The monoisotopic (exact) mass is 445 g/mol. The Hall–Kier alpha value is 0.180. The molecule has 1 nitrogen and oxygen atoms in total. The molecule has 0 radical (unpaired) electrons. The van der Waals surface area contributed by atoms with Crippen LogP contribution in [0.25, 0.3) is 0 Å². The highest BCUT2D eigenvalue weighted by Gasteiger charge is 1.95. The molecule has 0 aromatic carbocycles. The predicted octanol–water partition coefficient (Wildman–Crippen LogP) is 9.11. The van der Waals surface area contributed by atoms with Crippen LogP contribution in [0.1, 0.15) is 129 Å². The van der Waals surface area contributed by atoms with E-state index in [1.807, 2.05) is 0 Å². The zero-order chi connectivity index (χ0) is 19.1. The quantitative estimate of drug-likeness (QED) is 0.125. The van der Waals surface area contributed by atoms with Crippen LogP contribution in [0.3, 0.4) is 0 Å². The van der Waals surface area contributed by atoms with Gasteiger partial charge in [0.25, 0.3) is 0 Å². The van der Waals surface area contributed by atoms with Crippen molar-refractivity contribution < 1.29 is 0 Å². The van der Waals surface area contributed by atoms with E-state index in [9.17, 15) is 0 Å². The van der Waals surface area contributed by atoms with Gasteiger partial charge in [0.1, 0.15) is 0 Å². The van der Waals surface area contributed by atoms with Crippen molar-refractivity contribution >= 4 is 17.0 Å². The average Bonchev–Trinajstić information content (AvgIpc) is 2.62.